The third-order valence-electron chi connectivity index (χ3n) is 4.22. The van der Waals surface area contributed by atoms with Gasteiger partial charge in [0.05, 0.1) is 25.2 Å². The maximum atomic E-state index is 12.5. The second-order valence-corrected chi connectivity index (χ2v) is 7.42. The van der Waals surface area contributed by atoms with Gasteiger partial charge < -0.3 is 14.8 Å². The van der Waals surface area contributed by atoms with Gasteiger partial charge in [-0.25, -0.2) is 4.98 Å². The molecule has 2 aromatic carbocycles. The van der Waals surface area contributed by atoms with Crippen LogP contribution in [0.15, 0.2) is 66.1 Å². The van der Waals surface area contributed by atoms with Crippen molar-refractivity contribution in [3.8, 4) is 17.2 Å². The fraction of sp³-hybridized carbons (Fsp3) is 0.238. The van der Waals surface area contributed by atoms with Gasteiger partial charge in [0.2, 0.25) is 5.91 Å². The molecule has 0 unspecified atom stereocenters. The van der Waals surface area contributed by atoms with Crippen LogP contribution in [0.1, 0.15) is 12.5 Å². The number of aromatic nitrogens is 2. The molecule has 1 atom stereocenters. The van der Waals surface area contributed by atoms with Crippen LogP contribution >= 0.6 is 11.8 Å². The second kappa shape index (κ2) is 9.32. The number of nitrogens with one attached hydrogen (secondary N) is 1. The molecule has 28 heavy (non-hydrogen) atoms. The topological polar surface area (TPSA) is 65.4 Å². The number of ether oxygens (including phenoxy) is 2. The molecule has 0 aliphatic carbocycles. The molecule has 1 heterocycles. The highest BCUT2D eigenvalue weighted by atomic mass is 32.2. The highest BCUT2D eigenvalue weighted by Crippen LogP contribution is 2.26. The molecule has 1 amide bonds. The molecular weight excluding hydrogens is 374 g/mol. The van der Waals surface area contributed by atoms with Crippen molar-refractivity contribution >= 4 is 17.7 Å². The average molecular weight is 398 g/mol. The predicted molar refractivity (Wildman–Crippen MR) is 110 cm³/mol. The largest absolute Gasteiger partial charge is 0.497 e. The summed E-state index contributed by atoms with van der Waals surface area (Å²) < 4.78 is 12.4. The SMILES string of the molecule is COc1ccc(CNC(=O)[C@H](C)Sc2nccn2-c2cccc(OC)c2)cc1. The van der Waals surface area contributed by atoms with Crippen molar-refractivity contribution in [2.75, 3.05) is 14.2 Å². The lowest BCUT2D eigenvalue weighted by atomic mass is 10.2. The molecule has 0 spiro atoms. The molecule has 3 rings (SSSR count). The molecule has 1 aromatic heterocycles. The summed E-state index contributed by atoms with van der Waals surface area (Å²) in [5.74, 6) is 1.52. The predicted octanol–water partition coefficient (Wildman–Crippen LogP) is 3.69. The lowest BCUT2D eigenvalue weighted by molar-refractivity contribution is -0.120. The summed E-state index contributed by atoms with van der Waals surface area (Å²) in [4.78, 5) is 16.9. The van der Waals surface area contributed by atoms with E-state index in [0.29, 0.717) is 6.54 Å². The summed E-state index contributed by atoms with van der Waals surface area (Å²) in [6.07, 6.45) is 3.60. The minimum absolute atomic E-state index is 0.0407. The molecular formula is C21H23N3O3S. The third kappa shape index (κ3) is 4.86. The Hall–Kier alpha value is -2.93. The zero-order chi connectivity index (χ0) is 19.9. The van der Waals surface area contributed by atoms with Crippen molar-refractivity contribution in [3.05, 3.63) is 66.5 Å². The van der Waals surface area contributed by atoms with E-state index >= 15 is 0 Å². The van der Waals surface area contributed by atoms with Gasteiger partial charge in [-0.2, -0.15) is 0 Å². The van der Waals surface area contributed by atoms with Gasteiger partial charge in [-0.1, -0.05) is 30.0 Å². The van der Waals surface area contributed by atoms with Gasteiger partial charge in [0.25, 0.3) is 0 Å². The standard InChI is InChI=1S/C21H23N3O3S/c1-15(20(25)23-14-16-7-9-18(26-2)10-8-16)28-21-22-11-12-24(21)17-5-4-6-19(13-17)27-3/h4-13,15H,14H2,1-3H3,(H,23,25)/t15-/m0/s1. The van der Waals surface area contributed by atoms with Crippen LogP contribution in [-0.4, -0.2) is 34.9 Å². The summed E-state index contributed by atoms with van der Waals surface area (Å²) in [7, 11) is 3.27. The van der Waals surface area contributed by atoms with Gasteiger partial charge in [-0.15, -0.1) is 0 Å². The molecule has 3 aromatic rings. The van der Waals surface area contributed by atoms with E-state index < -0.39 is 0 Å². The Labute approximate surface area is 168 Å². The number of benzene rings is 2. The van der Waals surface area contributed by atoms with Gasteiger partial charge in [-0.05, 0) is 36.8 Å². The Morgan fingerprint density at radius 2 is 1.89 bits per heavy atom. The van der Waals surface area contributed by atoms with Crippen molar-refractivity contribution in [2.24, 2.45) is 0 Å². The van der Waals surface area contributed by atoms with Crippen molar-refractivity contribution in [3.63, 3.8) is 0 Å². The molecule has 0 saturated carbocycles. The number of thioether (sulfide) groups is 1. The molecule has 0 aliphatic rings. The van der Waals surface area contributed by atoms with Crippen LogP contribution in [0.2, 0.25) is 0 Å². The van der Waals surface area contributed by atoms with Gasteiger partial charge >= 0.3 is 0 Å². The van der Waals surface area contributed by atoms with E-state index in [-0.39, 0.29) is 11.2 Å². The summed E-state index contributed by atoms with van der Waals surface area (Å²) >= 11 is 1.41. The Morgan fingerprint density at radius 1 is 1.14 bits per heavy atom. The Balaban J connectivity index is 1.62. The van der Waals surface area contributed by atoms with Gasteiger partial charge in [0, 0.05) is 25.0 Å². The van der Waals surface area contributed by atoms with Crippen LogP contribution in [0.4, 0.5) is 0 Å². The van der Waals surface area contributed by atoms with Crippen LogP contribution in [0.5, 0.6) is 11.5 Å². The molecule has 6 nitrogen and oxygen atoms in total. The fourth-order valence-electron chi connectivity index (χ4n) is 2.62. The van der Waals surface area contributed by atoms with Crippen molar-refractivity contribution in [2.45, 2.75) is 23.9 Å². The molecule has 0 saturated heterocycles. The zero-order valence-electron chi connectivity index (χ0n) is 16.1. The molecule has 0 aliphatic heterocycles. The Bertz CT molecular complexity index is 925. The first-order chi connectivity index (χ1) is 13.6. The van der Waals surface area contributed by atoms with Crippen molar-refractivity contribution in [1.82, 2.24) is 14.9 Å². The number of nitrogens with zero attached hydrogens (tertiary/aromatic N) is 2. The second-order valence-electron chi connectivity index (χ2n) is 6.11. The van der Waals surface area contributed by atoms with E-state index in [1.807, 2.05) is 66.2 Å². The maximum Gasteiger partial charge on any atom is 0.233 e. The van der Waals surface area contributed by atoms with Crippen LogP contribution in [0, 0.1) is 0 Å². The number of imidazole rings is 1. The first-order valence-corrected chi connectivity index (χ1v) is 9.73. The maximum absolute atomic E-state index is 12.5. The smallest absolute Gasteiger partial charge is 0.233 e. The summed E-state index contributed by atoms with van der Waals surface area (Å²) in [6, 6.07) is 15.4. The Morgan fingerprint density at radius 3 is 2.61 bits per heavy atom. The number of carbonyl (C=O) groups excluding carboxylic acids is 1. The van der Waals surface area contributed by atoms with Gasteiger partial charge in [0.1, 0.15) is 11.5 Å². The van der Waals surface area contributed by atoms with E-state index in [1.54, 1.807) is 20.4 Å². The van der Waals surface area contributed by atoms with E-state index in [2.05, 4.69) is 10.3 Å². The van der Waals surface area contributed by atoms with E-state index in [9.17, 15) is 4.79 Å². The number of methoxy groups -OCH3 is 2. The lowest BCUT2D eigenvalue weighted by Gasteiger charge is -2.14. The Kier molecular flexibility index (Phi) is 6.60. The van der Waals surface area contributed by atoms with E-state index in [0.717, 1.165) is 27.9 Å². The van der Waals surface area contributed by atoms with Crippen LogP contribution in [-0.2, 0) is 11.3 Å². The van der Waals surface area contributed by atoms with Gasteiger partial charge in [0.15, 0.2) is 5.16 Å². The van der Waals surface area contributed by atoms with Crippen LogP contribution in [0.3, 0.4) is 0 Å². The summed E-state index contributed by atoms with van der Waals surface area (Å²) in [5, 5.41) is 3.43. The minimum Gasteiger partial charge on any atom is -0.497 e. The fourth-order valence-corrected chi connectivity index (χ4v) is 3.53. The number of hydrogen-bond donors (Lipinski definition) is 1. The lowest BCUT2D eigenvalue weighted by Crippen LogP contribution is -2.30. The number of rotatable bonds is 8. The summed E-state index contributed by atoms with van der Waals surface area (Å²) in [5.41, 5.74) is 1.95. The van der Waals surface area contributed by atoms with Crippen molar-refractivity contribution in [1.29, 1.82) is 0 Å². The summed E-state index contributed by atoms with van der Waals surface area (Å²) in [6.45, 7) is 2.34. The minimum atomic E-state index is -0.287. The molecule has 0 radical (unpaired) electrons. The highest BCUT2D eigenvalue weighted by Gasteiger charge is 2.17. The third-order valence-corrected chi connectivity index (χ3v) is 5.30. The molecule has 146 valence electrons. The number of amides is 1. The first-order valence-electron chi connectivity index (χ1n) is 8.86. The normalized spacial score (nSPS) is 11.7. The molecule has 1 N–H and O–H groups in total. The molecule has 0 bridgehead atoms. The average Bonchev–Trinajstić information content (AvgIpc) is 3.20. The van der Waals surface area contributed by atoms with Gasteiger partial charge in [-0.3, -0.25) is 9.36 Å². The van der Waals surface area contributed by atoms with E-state index in [4.69, 9.17) is 9.47 Å². The highest BCUT2D eigenvalue weighted by molar-refractivity contribution is 8.00. The van der Waals surface area contributed by atoms with Crippen LogP contribution in [0.25, 0.3) is 5.69 Å². The quantitative estimate of drug-likeness (QED) is 0.588. The first kappa shape index (κ1) is 19.8. The molecule has 0 fully saturated rings. The number of carbonyl (C=O) groups is 1. The van der Waals surface area contributed by atoms with E-state index in [1.165, 1.54) is 11.8 Å². The zero-order valence-corrected chi connectivity index (χ0v) is 16.9. The van der Waals surface area contributed by atoms with Crippen molar-refractivity contribution < 1.29 is 14.3 Å². The monoisotopic (exact) mass is 397 g/mol. The van der Waals surface area contributed by atoms with Crippen LogP contribution < -0.4 is 14.8 Å². The molecule has 7 heteroatoms. The number of hydrogen-bond acceptors (Lipinski definition) is 5.